The molecular formula is C28H24N4O3S. The lowest BCUT2D eigenvalue weighted by Gasteiger charge is -2.16. The van der Waals surface area contributed by atoms with Gasteiger partial charge < -0.3 is 10.1 Å². The van der Waals surface area contributed by atoms with Crippen molar-refractivity contribution in [1.29, 1.82) is 0 Å². The van der Waals surface area contributed by atoms with Gasteiger partial charge >= 0.3 is 0 Å². The molecule has 0 radical (unpaired) electrons. The van der Waals surface area contributed by atoms with Crippen LogP contribution in [0.4, 0.5) is 5.82 Å². The van der Waals surface area contributed by atoms with E-state index in [0.29, 0.717) is 30.2 Å². The van der Waals surface area contributed by atoms with Crippen molar-refractivity contribution < 1.29 is 13.2 Å². The molecule has 2 heterocycles. The Hall–Kier alpha value is -4.27. The third-order valence-electron chi connectivity index (χ3n) is 5.69. The predicted molar refractivity (Wildman–Crippen MR) is 142 cm³/mol. The molecule has 0 spiro atoms. The lowest BCUT2D eigenvalue weighted by molar-refractivity contribution is 0.333. The first kappa shape index (κ1) is 23.5. The molecule has 5 rings (SSSR count). The lowest BCUT2D eigenvalue weighted by Crippen LogP contribution is -2.13. The van der Waals surface area contributed by atoms with Crippen molar-refractivity contribution in [2.45, 2.75) is 4.90 Å². The molecule has 0 amide bonds. The largest absolute Gasteiger partial charge is 0.492 e. The number of rotatable bonds is 8. The number of nitrogens with two attached hydrogens (primary N) is 1. The number of nitrogens with zero attached hydrogens (tertiary/aromatic N) is 2. The van der Waals surface area contributed by atoms with Gasteiger partial charge in [-0.1, -0.05) is 66.7 Å². The van der Waals surface area contributed by atoms with Crippen molar-refractivity contribution >= 4 is 26.6 Å². The second-order valence-corrected chi connectivity index (χ2v) is 9.73. The molecule has 2 aromatic heterocycles. The first-order chi connectivity index (χ1) is 17.5. The smallest absolute Gasteiger partial charge is 0.239 e. The fourth-order valence-electron chi connectivity index (χ4n) is 4.01. The van der Waals surface area contributed by atoms with Gasteiger partial charge in [-0.15, -0.1) is 0 Å². The van der Waals surface area contributed by atoms with Crippen molar-refractivity contribution in [3.05, 3.63) is 103 Å². The van der Waals surface area contributed by atoms with Crippen molar-refractivity contribution in [2.75, 3.05) is 18.5 Å². The van der Waals surface area contributed by atoms with Crippen LogP contribution >= 0.6 is 0 Å². The highest BCUT2D eigenvalue weighted by atomic mass is 32.2. The van der Waals surface area contributed by atoms with E-state index in [0.717, 1.165) is 27.6 Å². The molecule has 7 nitrogen and oxygen atoms in total. The molecule has 0 fully saturated rings. The Labute approximate surface area is 209 Å². The molecule has 180 valence electrons. The summed E-state index contributed by atoms with van der Waals surface area (Å²) in [7, 11) is -3.90. The number of pyridine rings is 2. The van der Waals surface area contributed by atoms with Crippen LogP contribution < -0.4 is 15.2 Å². The number of nitrogens with one attached hydrogen (secondary N) is 1. The normalized spacial score (nSPS) is 11.4. The summed E-state index contributed by atoms with van der Waals surface area (Å²) in [6.07, 6.45) is 2.81. The van der Waals surface area contributed by atoms with E-state index in [1.807, 2.05) is 66.7 Å². The highest BCUT2D eigenvalue weighted by Crippen LogP contribution is 2.35. The van der Waals surface area contributed by atoms with Gasteiger partial charge in [0.05, 0.1) is 12.2 Å². The van der Waals surface area contributed by atoms with E-state index in [9.17, 15) is 8.42 Å². The summed E-state index contributed by atoms with van der Waals surface area (Å²) in [5.41, 5.74) is 3.24. The first-order valence-corrected chi connectivity index (χ1v) is 12.9. The van der Waals surface area contributed by atoms with E-state index in [1.54, 1.807) is 6.20 Å². The average Bonchev–Trinajstić information content (AvgIpc) is 2.91. The lowest BCUT2D eigenvalue weighted by atomic mass is 9.97. The minimum Gasteiger partial charge on any atom is -0.492 e. The van der Waals surface area contributed by atoms with Gasteiger partial charge in [0.1, 0.15) is 23.1 Å². The molecular weight excluding hydrogens is 472 g/mol. The molecule has 0 unspecified atom stereocenters. The summed E-state index contributed by atoms with van der Waals surface area (Å²) in [6, 6.07) is 29.2. The molecule has 8 heteroatoms. The number of aromatic nitrogens is 2. The second-order valence-electron chi connectivity index (χ2n) is 8.17. The number of anilines is 1. The van der Waals surface area contributed by atoms with Crippen LogP contribution in [0, 0.1) is 0 Å². The summed E-state index contributed by atoms with van der Waals surface area (Å²) in [5, 5.41) is 10.7. The number of para-hydroxylation sites is 1. The highest BCUT2D eigenvalue weighted by Gasteiger charge is 2.15. The molecule has 0 atom stereocenters. The fourth-order valence-corrected chi connectivity index (χ4v) is 4.51. The zero-order valence-electron chi connectivity index (χ0n) is 19.3. The molecule has 0 aliphatic rings. The van der Waals surface area contributed by atoms with Gasteiger partial charge in [-0.2, -0.15) is 0 Å². The Kier molecular flexibility index (Phi) is 6.62. The number of ether oxygens (including phenoxy) is 1. The van der Waals surface area contributed by atoms with Gasteiger partial charge in [0.15, 0.2) is 0 Å². The molecule has 0 saturated heterocycles. The van der Waals surface area contributed by atoms with Gasteiger partial charge in [0.2, 0.25) is 10.0 Å². The minimum absolute atomic E-state index is 0.0642. The zero-order valence-corrected chi connectivity index (χ0v) is 20.2. The first-order valence-electron chi connectivity index (χ1n) is 11.4. The number of primary sulfonamides is 1. The Balaban J connectivity index is 1.57. The van der Waals surface area contributed by atoms with Gasteiger partial charge in [-0.3, -0.25) is 4.98 Å². The van der Waals surface area contributed by atoms with Crippen molar-refractivity contribution in [1.82, 2.24) is 9.97 Å². The topological polar surface area (TPSA) is 107 Å². The maximum absolute atomic E-state index is 11.9. The Bertz CT molecular complexity index is 1610. The number of fused-ring (bicyclic) bond motifs is 1. The summed E-state index contributed by atoms with van der Waals surface area (Å²) in [5.74, 6) is 1.46. The summed E-state index contributed by atoms with van der Waals surface area (Å²) in [4.78, 5) is 8.89. The highest BCUT2D eigenvalue weighted by molar-refractivity contribution is 7.89. The van der Waals surface area contributed by atoms with Crippen LogP contribution in [0.1, 0.15) is 0 Å². The van der Waals surface area contributed by atoms with E-state index in [1.165, 1.54) is 12.3 Å². The molecule has 3 aromatic carbocycles. The molecule has 0 saturated carbocycles. The maximum atomic E-state index is 11.9. The predicted octanol–water partition coefficient (Wildman–Crippen LogP) is 5.10. The standard InChI is InChI=1S/C28H24N4O3S/c29-36(33,34)24-16-22(18-30-19-24)26-17-21-10-7-13-25(20-8-3-1-4-9-20)27(21)28(32-26)31-14-15-35-23-11-5-2-6-12-23/h1-13,16-19H,14-15H2,(H,31,32)(H2,29,33,34). The number of hydrogen-bond acceptors (Lipinski definition) is 6. The third kappa shape index (κ3) is 5.19. The maximum Gasteiger partial charge on any atom is 0.239 e. The van der Waals surface area contributed by atoms with E-state index >= 15 is 0 Å². The average molecular weight is 497 g/mol. The number of hydrogen-bond donors (Lipinski definition) is 2. The van der Waals surface area contributed by atoms with Gasteiger partial charge in [-0.05, 0) is 40.8 Å². The van der Waals surface area contributed by atoms with E-state index < -0.39 is 10.0 Å². The van der Waals surface area contributed by atoms with Crippen LogP contribution in [-0.2, 0) is 10.0 Å². The van der Waals surface area contributed by atoms with Crippen molar-refractivity contribution in [3.8, 4) is 28.1 Å². The van der Waals surface area contributed by atoms with Gasteiger partial charge in [-0.25, -0.2) is 18.5 Å². The quantitative estimate of drug-likeness (QED) is 0.289. The van der Waals surface area contributed by atoms with E-state index in [-0.39, 0.29) is 4.90 Å². The minimum atomic E-state index is -3.90. The summed E-state index contributed by atoms with van der Waals surface area (Å²) in [6.45, 7) is 0.951. The molecule has 0 bridgehead atoms. The Morgan fingerprint density at radius 2 is 1.58 bits per heavy atom. The van der Waals surface area contributed by atoms with Crippen LogP contribution in [0.5, 0.6) is 5.75 Å². The summed E-state index contributed by atoms with van der Waals surface area (Å²) < 4.78 is 29.6. The van der Waals surface area contributed by atoms with Crippen LogP contribution in [0.25, 0.3) is 33.2 Å². The molecule has 5 aromatic rings. The SMILES string of the molecule is NS(=O)(=O)c1cncc(-c2cc3cccc(-c4ccccc4)c3c(NCCOc3ccccc3)n2)c1. The van der Waals surface area contributed by atoms with E-state index in [2.05, 4.69) is 28.5 Å². The third-order valence-corrected chi connectivity index (χ3v) is 6.57. The van der Waals surface area contributed by atoms with Crippen LogP contribution in [0.15, 0.2) is 108 Å². The zero-order chi connectivity index (χ0) is 25.0. The summed E-state index contributed by atoms with van der Waals surface area (Å²) >= 11 is 0. The van der Waals surface area contributed by atoms with E-state index in [4.69, 9.17) is 14.9 Å². The van der Waals surface area contributed by atoms with Gasteiger partial charge in [0, 0.05) is 23.3 Å². The Morgan fingerprint density at radius 3 is 2.33 bits per heavy atom. The fraction of sp³-hybridized carbons (Fsp3) is 0.0714. The van der Waals surface area contributed by atoms with Crippen LogP contribution in [-0.4, -0.2) is 31.5 Å². The molecule has 3 N–H and O–H groups in total. The Morgan fingerprint density at radius 1 is 0.833 bits per heavy atom. The van der Waals surface area contributed by atoms with Gasteiger partial charge in [0.25, 0.3) is 0 Å². The molecule has 0 aliphatic heterocycles. The number of sulfonamides is 1. The molecule has 36 heavy (non-hydrogen) atoms. The van der Waals surface area contributed by atoms with Crippen LogP contribution in [0.2, 0.25) is 0 Å². The molecule has 0 aliphatic carbocycles. The van der Waals surface area contributed by atoms with Crippen molar-refractivity contribution in [2.24, 2.45) is 5.14 Å². The monoisotopic (exact) mass is 496 g/mol. The van der Waals surface area contributed by atoms with Crippen molar-refractivity contribution in [3.63, 3.8) is 0 Å². The second kappa shape index (κ2) is 10.2. The number of benzene rings is 3. The van der Waals surface area contributed by atoms with Crippen LogP contribution in [0.3, 0.4) is 0 Å².